The van der Waals surface area contributed by atoms with Crippen molar-refractivity contribution in [3.63, 3.8) is 0 Å². The van der Waals surface area contributed by atoms with Gasteiger partial charge >= 0.3 is 0 Å². The molecule has 4 rings (SSSR count). The molecule has 2 aliphatic rings. The fourth-order valence-electron chi connectivity index (χ4n) is 3.99. The van der Waals surface area contributed by atoms with Crippen LogP contribution in [0.3, 0.4) is 0 Å². The Kier molecular flexibility index (Phi) is 4.40. The van der Waals surface area contributed by atoms with Crippen LogP contribution in [0, 0.1) is 13.8 Å². The largest absolute Gasteiger partial charge is 0.355 e. The zero-order valence-corrected chi connectivity index (χ0v) is 16.0. The molecule has 0 unspecified atom stereocenters. The van der Waals surface area contributed by atoms with Crippen LogP contribution in [0.1, 0.15) is 58.0 Å². The average molecular weight is 355 g/mol. The van der Waals surface area contributed by atoms with Crippen molar-refractivity contribution < 1.29 is 4.79 Å². The summed E-state index contributed by atoms with van der Waals surface area (Å²) in [6.45, 7) is 4.90. The molecule has 132 valence electrons. The molecule has 2 aromatic rings. The Hall–Kier alpha value is -1.68. The lowest BCUT2D eigenvalue weighted by atomic mass is 9.92. The minimum Gasteiger partial charge on any atom is -0.355 e. The van der Waals surface area contributed by atoms with Crippen LogP contribution in [-0.2, 0) is 29.5 Å². The zero-order chi connectivity index (χ0) is 17.4. The van der Waals surface area contributed by atoms with Gasteiger partial charge in [-0.15, -0.1) is 11.3 Å². The third-order valence-corrected chi connectivity index (χ3v) is 6.69. The van der Waals surface area contributed by atoms with Gasteiger partial charge in [-0.2, -0.15) is 0 Å². The van der Waals surface area contributed by atoms with E-state index in [-0.39, 0.29) is 11.3 Å². The van der Waals surface area contributed by atoms with Crippen molar-refractivity contribution in [2.75, 3.05) is 6.54 Å². The summed E-state index contributed by atoms with van der Waals surface area (Å²) in [5.74, 6) is 0.193. The predicted octanol–water partition coefficient (Wildman–Crippen LogP) is 4.03. The van der Waals surface area contributed by atoms with Gasteiger partial charge in [0.25, 0.3) is 0 Å². The standard InChI is InChI=1S/C21H26N2OS/c1-14-11-15(2)13-16(12-14)21(8-9-21)20(24)22-10-7-19-23-17-5-3-4-6-18(17)25-19/h11-13H,3-10H2,1-2H3,(H,22,24). The van der Waals surface area contributed by atoms with E-state index in [1.807, 2.05) is 11.3 Å². The minimum atomic E-state index is -0.279. The van der Waals surface area contributed by atoms with Crippen LogP contribution >= 0.6 is 11.3 Å². The highest BCUT2D eigenvalue weighted by Gasteiger charge is 2.51. The van der Waals surface area contributed by atoms with E-state index in [2.05, 4.69) is 37.4 Å². The van der Waals surface area contributed by atoms with Crippen molar-refractivity contribution in [1.82, 2.24) is 10.3 Å². The Morgan fingerprint density at radius 2 is 1.88 bits per heavy atom. The molecule has 1 amide bonds. The normalized spacial score (nSPS) is 17.8. The summed E-state index contributed by atoms with van der Waals surface area (Å²) in [6, 6.07) is 6.52. The first-order valence-corrected chi connectivity index (χ1v) is 10.2. The van der Waals surface area contributed by atoms with Gasteiger partial charge in [-0.1, -0.05) is 29.3 Å². The molecule has 0 radical (unpaired) electrons. The van der Waals surface area contributed by atoms with Crippen molar-refractivity contribution in [1.29, 1.82) is 0 Å². The SMILES string of the molecule is Cc1cc(C)cc(C2(C(=O)NCCc3nc4c(s3)CCCC4)CC2)c1. The Morgan fingerprint density at radius 3 is 2.56 bits per heavy atom. The van der Waals surface area contributed by atoms with Crippen LogP contribution in [0.4, 0.5) is 0 Å². The molecule has 0 spiro atoms. The average Bonchev–Trinajstić information content (AvgIpc) is 3.28. The van der Waals surface area contributed by atoms with Gasteiger partial charge in [0.1, 0.15) is 0 Å². The fourth-order valence-corrected chi connectivity index (χ4v) is 5.14. The van der Waals surface area contributed by atoms with Crippen LogP contribution in [0.2, 0.25) is 0 Å². The lowest BCUT2D eigenvalue weighted by Crippen LogP contribution is -2.36. The maximum atomic E-state index is 12.8. The third kappa shape index (κ3) is 3.37. The summed E-state index contributed by atoms with van der Waals surface area (Å²) in [5.41, 5.74) is 4.70. The Balaban J connectivity index is 1.38. The van der Waals surface area contributed by atoms with E-state index in [0.717, 1.165) is 25.7 Å². The molecule has 0 atom stereocenters. The zero-order valence-electron chi connectivity index (χ0n) is 15.2. The second-order valence-corrected chi connectivity index (χ2v) is 8.82. The second-order valence-electron chi connectivity index (χ2n) is 7.65. The third-order valence-electron chi connectivity index (χ3n) is 5.47. The van der Waals surface area contributed by atoms with Gasteiger partial charge in [-0.05, 0) is 57.9 Å². The highest BCUT2D eigenvalue weighted by atomic mass is 32.1. The van der Waals surface area contributed by atoms with E-state index in [4.69, 9.17) is 4.98 Å². The smallest absolute Gasteiger partial charge is 0.230 e. The van der Waals surface area contributed by atoms with Crippen molar-refractivity contribution in [2.24, 2.45) is 0 Å². The second kappa shape index (κ2) is 6.56. The number of thiazole rings is 1. The van der Waals surface area contributed by atoms with Crippen molar-refractivity contribution in [2.45, 2.75) is 64.2 Å². The molecule has 1 N–H and O–H groups in total. The molecular formula is C21H26N2OS. The number of carbonyl (C=O) groups is 1. The maximum Gasteiger partial charge on any atom is 0.230 e. The Bertz CT molecular complexity index is 760. The highest BCUT2D eigenvalue weighted by Crippen LogP contribution is 2.48. The van der Waals surface area contributed by atoms with Crippen LogP contribution < -0.4 is 5.32 Å². The van der Waals surface area contributed by atoms with Gasteiger partial charge in [0, 0.05) is 17.8 Å². The van der Waals surface area contributed by atoms with Crippen molar-refractivity contribution in [3.8, 4) is 0 Å². The van der Waals surface area contributed by atoms with Gasteiger partial charge in [-0.3, -0.25) is 4.79 Å². The quantitative estimate of drug-likeness (QED) is 0.881. The van der Waals surface area contributed by atoms with Crippen molar-refractivity contribution >= 4 is 17.2 Å². The first-order valence-electron chi connectivity index (χ1n) is 9.41. The number of aryl methyl sites for hydroxylation is 4. The maximum absolute atomic E-state index is 12.8. The summed E-state index contributed by atoms with van der Waals surface area (Å²) in [6.07, 6.45) is 7.67. The molecule has 1 aromatic carbocycles. The molecular weight excluding hydrogens is 328 g/mol. The predicted molar refractivity (Wildman–Crippen MR) is 102 cm³/mol. The number of hydrogen-bond donors (Lipinski definition) is 1. The molecule has 1 saturated carbocycles. The molecule has 3 nitrogen and oxygen atoms in total. The monoisotopic (exact) mass is 354 g/mol. The molecule has 1 aromatic heterocycles. The van der Waals surface area contributed by atoms with Crippen LogP contribution in [0.25, 0.3) is 0 Å². The van der Waals surface area contributed by atoms with Crippen LogP contribution in [-0.4, -0.2) is 17.4 Å². The van der Waals surface area contributed by atoms with E-state index >= 15 is 0 Å². The number of amides is 1. The molecule has 0 bridgehead atoms. The lowest BCUT2D eigenvalue weighted by Gasteiger charge is -2.17. The molecule has 2 aliphatic carbocycles. The Morgan fingerprint density at radius 1 is 1.16 bits per heavy atom. The van der Waals surface area contributed by atoms with Gasteiger partial charge in [0.2, 0.25) is 5.91 Å². The van der Waals surface area contributed by atoms with Crippen molar-refractivity contribution in [3.05, 3.63) is 50.5 Å². The molecule has 0 saturated heterocycles. The number of nitrogens with zero attached hydrogens (tertiary/aromatic N) is 1. The number of nitrogens with one attached hydrogen (secondary N) is 1. The first-order chi connectivity index (χ1) is 12.1. The molecule has 25 heavy (non-hydrogen) atoms. The lowest BCUT2D eigenvalue weighted by molar-refractivity contribution is -0.123. The summed E-state index contributed by atoms with van der Waals surface area (Å²) in [4.78, 5) is 19.1. The van der Waals surface area contributed by atoms with E-state index in [0.29, 0.717) is 6.54 Å². The number of benzene rings is 1. The van der Waals surface area contributed by atoms with Crippen LogP contribution in [0.5, 0.6) is 0 Å². The molecule has 1 heterocycles. The van der Waals surface area contributed by atoms with E-state index in [9.17, 15) is 4.79 Å². The van der Waals surface area contributed by atoms with E-state index in [1.165, 1.54) is 51.5 Å². The van der Waals surface area contributed by atoms with E-state index < -0.39 is 0 Å². The summed E-state index contributed by atoms with van der Waals surface area (Å²) in [5, 5.41) is 4.36. The van der Waals surface area contributed by atoms with Gasteiger partial charge in [0.05, 0.1) is 16.1 Å². The topological polar surface area (TPSA) is 42.0 Å². The first kappa shape index (κ1) is 16.8. The fraction of sp³-hybridized carbons (Fsp3) is 0.524. The molecule has 0 aliphatic heterocycles. The van der Waals surface area contributed by atoms with E-state index in [1.54, 1.807) is 0 Å². The number of hydrogen-bond acceptors (Lipinski definition) is 3. The minimum absolute atomic E-state index is 0.193. The summed E-state index contributed by atoms with van der Waals surface area (Å²) in [7, 11) is 0. The molecule has 1 fully saturated rings. The molecule has 4 heteroatoms. The number of carbonyl (C=O) groups excluding carboxylic acids is 1. The van der Waals surface area contributed by atoms with Crippen LogP contribution in [0.15, 0.2) is 18.2 Å². The van der Waals surface area contributed by atoms with Gasteiger partial charge in [-0.25, -0.2) is 4.98 Å². The number of aromatic nitrogens is 1. The highest BCUT2D eigenvalue weighted by molar-refractivity contribution is 7.11. The Labute approximate surface area is 153 Å². The summed E-state index contributed by atoms with van der Waals surface area (Å²) >= 11 is 1.85. The van der Waals surface area contributed by atoms with Gasteiger partial charge in [0.15, 0.2) is 0 Å². The van der Waals surface area contributed by atoms with Gasteiger partial charge < -0.3 is 5.32 Å². The number of fused-ring (bicyclic) bond motifs is 1. The summed E-state index contributed by atoms with van der Waals surface area (Å²) < 4.78 is 0. The number of rotatable bonds is 5.